The van der Waals surface area contributed by atoms with Gasteiger partial charge in [0.1, 0.15) is 16.3 Å². The van der Waals surface area contributed by atoms with Crippen LogP contribution in [0.25, 0.3) is 0 Å². The fourth-order valence-electron chi connectivity index (χ4n) is 2.27. The number of aryl methyl sites for hydroxylation is 1. The molecule has 1 amide bonds. The Morgan fingerprint density at radius 1 is 1.04 bits per heavy atom. The molecular formula is C15H19ClN4O5S2. The number of benzene rings is 1. The third kappa shape index (κ3) is 4.87. The first-order chi connectivity index (χ1) is 12.5. The number of carbonyl (C=O) groups is 1. The first kappa shape index (κ1) is 21.4. The number of sulfonamides is 2. The normalized spacial score (nSPS) is 12.1. The van der Waals surface area contributed by atoms with Crippen LogP contribution in [0.1, 0.15) is 5.56 Å². The van der Waals surface area contributed by atoms with Gasteiger partial charge >= 0.3 is 0 Å². The molecule has 1 aromatic heterocycles. The number of halogens is 1. The molecule has 0 spiro atoms. The minimum atomic E-state index is -4.05. The van der Waals surface area contributed by atoms with Gasteiger partial charge in [-0.3, -0.25) is 4.79 Å². The highest BCUT2D eigenvalue weighted by atomic mass is 35.5. The fourth-order valence-corrected chi connectivity index (χ4v) is 4.72. The highest BCUT2D eigenvalue weighted by Gasteiger charge is 2.27. The zero-order valence-corrected chi connectivity index (χ0v) is 17.2. The Labute approximate surface area is 162 Å². The quantitative estimate of drug-likeness (QED) is 0.596. The van der Waals surface area contributed by atoms with E-state index in [2.05, 4.69) is 14.8 Å². The Bertz CT molecular complexity index is 1030. The van der Waals surface area contributed by atoms with Gasteiger partial charge in [-0.15, -0.1) is 0 Å². The third-order valence-electron chi connectivity index (χ3n) is 3.73. The second-order valence-corrected chi connectivity index (χ2v) is 9.73. The van der Waals surface area contributed by atoms with E-state index >= 15 is 0 Å². The van der Waals surface area contributed by atoms with Gasteiger partial charge in [0.25, 0.3) is 0 Å². The van der Waals surface area contributed by atoms with Crippen molar-refractivity contribution in [3.63, 3.8) is 0 Å². The molecule has 0 radical (unpaired) electrons. The van der Waals surface area contributed by atoms with Crippen molar-refractivity contribution >= 4 is 43.2 Å². The molecular weight excluding hydrogens is 416 g/mol. The summed E-state index contributed by atoms with van der Waals surface area (Å²) in [5.74, 6) is -0.475. The average Bonchev–Trinajstić information content (AvgIpc) is 3.03. The highest BCUT2D eigenvalue weighted by Crippen LogP contribution is 2.23. The molecule has 148 valence electrons. The van der Waals surface area contributed by atoms with Gasteiger partial charge in [-0.2, -0.15) is 0 Å². The summed E-state index contributed by atoms with van der Waals surface area (Å²) in [5, 5.41) is 3.11. The summed E-state index contributed by atoms with van der Waals surface area (Å²) in [4.78, 5) is 11.4. The lowest BCUT2D eigenvalue weighted by atomic mass is 10.2. The van der Waals surface area contributed by atoms with Crippen LogP contribution in [0.2, 0.25) is 5.02 Å². The van der Waals surface area contributed by atoms with Gasteiger partial charge in [0.15, 0.2) is 0 Å². The molecule has 0 aliphatic carbocycles. The summed E-state index contributed by atoms with van der Waals surface area (Å²) in [6.45, 7) is 1.49. The Balaban J connectivity index is 2.35. The Hall–Kier alpha value is -1.92. The van der Waals surface area contributed by atoms with Gasteiger partial charge in [0.05, 0.1) is 0 Å². The van der Waals surface area contributed by atoms with Crippen LogP contribution in [0.5, 0.6) is 0 Å². The molecule has 9 nitrogen and oxygen atoms in total. The van der Waals surface area contributed by atoms with E-state index in [1.54, 1.807) is 25.1 Å². The van der Waals surface area contributed by atoms with Crippen LogP contribution in [-0.2, 0) is 31.4 Å². The second-order valence-electron chi connectivity index (χ2n) is 5.58. The highest BCUT2D eigenvalue weighted by molar-refractivity contribution is 7.92. The molecule has 3 N–H and O–H groups in total. The fraction of sp³-hybridized carbons (Fsp3) is 0.267. The molecule has 0 bridgehead atoms. The Kier molecular flexibility index (Phi) is 6.32. The largest absolute Gasteiger partial charge is 0.342 e. The lowest BCUT2D eigenvalue weighted by Crippen LogP contribution is -2.24. The minimum absolute atomic E-state index is 0.294. The van der Waals surface area contributed by atoms with Gasteiger partial charge in [-0.05, 0) is 38.7 Å². The molecule has 0 aliphatic heterocycles. The van der Waals surface area contributed by atoms with Gasteiger partial charge in [-0.1, -0.05) is 17.7 Å². The van der Waals surface area contributed by atoms with E-state index in [-0.39, 0.29) is 6.54 Å². The number of carbonyl (C=O) groups excluding carboxylic acids is 1. The molecule has 0 saturated carbocycles. The number of nitrogens with one attached hydrogen (secondary N) is 3. The van der Waals surface area contributed by atoms with E-state index in [1.807, 2.05) is 0 Å². The topological polar surface area (TPSA) is 126 Å². The van der Waals surface area contributed by atoms with Crippen LogP contribution in [0.15, 0.2) is 40.4 Å². The van der Waals surface area contributed by atoms with E-state index in [0.29, 0.717) is 10.7 Å². The van der Waals surface area contributed by atoms with Crippen molar-refractivity contribution in [2.75, 3.05) is 19.4 Å². The van der Waals surface area contributed by atoms with Crippen molar-refractivity contribution in [2.24, 2.45) is 0 Å². The predicted molar refractivity (Wildman–Crippen MR) is 102 cm³/mol. The summed E-state index contributed by atoms with van der Waals surface area (Å²) < 4.78 is 53.8. The number of nitrogens with zero attached hydrogens (tertiary/aromatic N) is 1. The van der Waals surface area contributed by atoms with Crippen LogP contribution in [0.3, 0.4) is 0 Å². The smallest absolute Gasteiger partial charge is 0.244 e. The molecule has 1 aromatic carbocycles. The molecule has 27 heavy (non-hydrogen) atoms. The van der Waals surface area contributed by atoms with E-state index in [4.69, 9.17) is 11.6 Å². The maximum absolute atomic E-state index is 12.3. The number of amides is 1. The van der Waals surface area contributed by atoms with Crippen LogP contribution in [0, 0.1) is 6.92 Å². The average molecular weight is 435 g/mol. The lowest BCUT2D eigenvalue weighted by molar-refractivity contribution is -0.116. The second kappa shape index (κ2) is 7.98. The molecule has 0 atom stereocenters. The third-order valence-corrected chi connectivity index (χ3v) is 6.97. The van der Waals surface area contributed by atoms with Crippen LogP contribution < -0.4 is 14.8 Å². The molecule has 0 saturated heterocycles. The Morgan fingerprint density at radius 2 is 1.56 bits per heavy atom. The van der Waals surface area contributed by atoms with Crippen molar-refractivity contribution in [3.8, 4) is 0 Å². The van der Waals surface area contributed by atoms with Crippen molar-refractivity contribution < 1.29 is 21.6 Å². The molecule has 0 aliphatic rings. The predicted octanol–water partition coefficient (Wildman–Crippen LogP) is 0.905. The monoisotopic (exact) mass is 434 g/mol. The maximum Gasteiger partial charge on any atom is 0.244 e. The summed E-state index contributed by atoms with van der Waals surface area (Å²) >= 11 is 5.91. The molecule has 2 rings (SSSR count). The van der Waals surface area contributed by atoms with Gasteiger partial charge in [-0.25, -0.2) is 26.3 Å². The Morgan fingerprint density at radius 3 is 2.04 bits per heavy atom. The summed E-state index contributed by atoms with van der Waals surface area (Å²) in [7, 11) is -5.77. The van der Waals surface area contributed by atoms with Crippen molar-refractivity contribution in [1.82, 2.24) is 14.0 Å². The van der Waals surface area contributed by atoms with Crippen LogP contribution >= 0.6 is 11.6 Å². The lowest BCUT2D eigenvalue weighted by Gasteiger charge is -2.09. The molecule has 2 aromatic rings. The maximum atomic E-state index is 12.3. The summed E-state index contributed by atoms with van der Waals surface area (Å²) in [6.07, 6.45) is 2.17. The van der Waals surface area contributed by atoms with E-state index in [1.165, 1.54) is 4.57 Å². The standard InChI is InChI=1S/C15H19ClN4O5S2/c1-10-4-5-11(16)6-12(10)19-15(21)9-20-7-13(26(22,23)17-2)14(8-20)27(24,25)18-3/h4-8,17-18H,9H2,1-3H3,(H,19,21). The zero-order valence-electron chi connectivity index (χ0n) is 14.8. The van der Waals surface area contributed by atoms with E-state index in [0.717, 1.165) is 32.1 Å². The van der Waals surface area contributed by atoms with Crippen molar-refractivity contribution in [2.45, 2.75) is 23.3 Å². The number of anilines is 1. The van der Waals surface area contributed by atoms with Gasteiger partial charge in [0.2, 0.25) is 26.0 Å². The molecule has 1 heterocycles. The number of hydrogen-bond acceptors (Lipinski definition) is 5. The number of rotatable bonds is 7. The van der Waals surface area contributed by atoms with Crippen LogP contribution in [-0.4, -0.2) is 41.4 Å². The first-order valence-corrected chi connectivity index (χ1v) is 11.0. The SMILES string of the molecule is CNS(=O)(=O)c1cn(CC(=O)Nc2cc(Cl)ccc2C)cc1S(=O)(=O)NC. The zero-order chi connectivity index (χ0) is 20.4. The summed E-state index contributed by atoms with van der Waals surface area (Å²) in [5.41, 5.74) is 1.29. The summed E-state index contributed by atoms with van der Waals surface area (Å²) in [6, 6.07) is 5.00. The first-order valence-electron chi connectivity index (χ1n) is 7.63. The molecule has 12 heteroatoms. The molecule has 0 fully saturated rings. The van der Waals surface area contributed by atoms with Gasteiger partial charge in [0, 0.05) is 23.1 Å². The van der Waals surface area contributed by atoms with Crippen LogP contribution in [0.4, 0.5) is 5.69 Å². The van der Waals surface area contributed by atoms with Gasteiger partial charge < -0.3 is 9.88 Å². The number of hydrogen-bond donors (Lipinski definition) is 3. The van der Waals surface area contributed by atoms with Crippen molar-refractivity contribution in [1.29, 1.82) is 0 Å². The van der Waals surface area contributed by atoms with Crippen molar-refractivity contribution in [3.05, 3.63) is 41.2 Å². The van der Waals surface area contributed by atoms with E-state index < -0.39 is 35.7 Å². The number of aromatic nitrogens is 1. The minimum Gasteiger partial charge on any atom is -0.342 e. The molecule has 0 unspecified atom stereocenters. The van der Waals surface area contributed by atoms with E-state index in [9.17, 15) is 21.6 Å².